The molecule has 0 spiro atoms. The van der Waals surface area contributed by atoms with Gasteiger partial charge in [-0.3, -0.25) is 14.6 Å². The van der Waals surface area contributed by atoms with E-state index in [4.69, 9.17) is 19.7 Å². The van der Waals surface area contributed by atoms with Gasteiger partial charge in [0.15, 0.2) is 5.82 Å². The summed E-state index contributed by atoms with van der Waals surface area (Å²) in [7, 11) is -5.06. The zero-order valence-electron chi connectivity index (χ0n) is 21.9. The number of nitrogens with zero attached hydrogens (tertiary/aromatic N) is 2. The molecule has 5 N–H and O–H groups in total. The van der Waals surface area contributed by atoms with Crippen LogP contribution in [0.25, 0.3) is 11.3 Å². The number of nitrogens with two attached hydrogens (primary N) is 1. The van der Waals surface area contributed by atoms with Crippen LogP contribution >= 0.6 is 0 Å². The molecule has 222 valence electrons. The quantitative estimate of drug-likeness (QED) is 0.189. The third-order valence-electron chi connectivity index (χ3n) is 6.51. The Bertz CT molecular complexity index is 1690. The van der Waals surface area contributed by atoms with E-state index in [9.17, 15) is 26.4 Å². The summed E-state index contributed by atoms with van der Waals surface area (Å²) in [5.41, 5.74) is 6.12. The molecular weight excluding hydrogens is 581 g/mol. The second-order valence-electron chi connectivity index (χ2n) is 9.42. The number of hydrogen-bond donors (Lipinski definition) is 4. The van der Waals surface area contributed by atoms with Crippen molar-refractivity contribution in [1.82, 2.24) is 15.4 Å². The lowest BCUT2D eigenvalue weighted by molar-refractivity contribution is 0.100. The molecule has 1 fully saturated rings. The molecule has 2 aromatic carbocycles. The predicted molar refractivity (Wildman–Crippen MR) is 144 cm³/mol. The van der Waals surface area contributed by atoms with Gasteiger partial charge in [0, 0.05) is 24.2 Å². The highest BCUT2D eigenvalue weighted by atomic mass is 32.2. The van der Waals surface area contributed by atoms with E-state index in [1.807, 2.05) is 4.72 Å². The van der Waals surface area contributed by atoms with E-state index >= 15 is 0 Å². The van der Waals surface area contributed by atoms with Crippen molar-refractivity contribution >= 4 is 33.3 Å². The molecule has 42 heavy (non-hydrogen) atoms. The molecule has 1 aliphatic heterocycles. The summed E-state index contributed by atoms with van der Waals surface area (Å²) in [5.74, 6) is -4.17. The molecule has 12 nitrogen and oxygen atoms in total. The Balaban J connectivity index is 1.49. The fourth-order valence-corrected chi connectivity index (χ4v) is 4.91. The molecule has 0 radical (unpaired) electrons. The number of H-pyrrole nitrogens is 1. The second-order valence-corrected chi connectivity index (χ2v) is 11.1. The number of anilines is 3. The Labute approximate surface area is 237 Å². The van der Waals surface area contributed by atoms with Gasteiger partial charge >= 0.3 is 5.76 Å². The highest BCUT2D eigenvalue weighted by Crippen LogP contribution is 2.37. The van der Waals surface area contributed by atoms with Crippen molar-refractivity contribution < 1.29 is 40.4 Å². The largest absolute Gasteiger partial charge is 0.484 e. The summed E-state index contributed by atoms with van der Waals surface area (Å²) < 4.78 is 82.0. The van der Waals surface area contributed by atoms with Gasteiger partial charge in [-0.15, -0.1) is 0 Å². The van der Waals surface area contributed by atoms with Gasteiger partial charge in [-0.05, 0) is 43.2 Å². The maximum Gasteiger partial charge on any atom is 0.355 e. The molecule has 2 atom stereocenters. The lowest BCUT2D eigenvalue weighted by Gasteiger charge is -2.19. The molecule has 0 aliphatic carbocycles. The maximum absolute atomic E-state index is 13.4. The van der Waals surface area contributed by atoms with Gasteiger partial charge < -0.3 is 25.0 Å². The van der Waals surface area contributed by atoms with Gasteiger partial charge in [0.1, 0.15) is 40.5 Å². The number of primary amides is 1. The van der Waals surface area contributed by atoms with Gasteiger partial charge in [0.05, 0.1) is 12.3 Å². The number of carbonyl (C=O) groups is 1. The molecule has 0 saturated carbocycles. The van der Waals surface area contributed by atoms with E-state index in [1.165, 1.54) is 42.5 Å². The number of aromatic amines is 1. The molecule has 1 saturated heterocycles. The minimum absolute atomic E-state index is 0.0534. The normalized spacial score (nSPS) is 16.0. The van der Waals surface area contributed by atoms with Gasteiger partial charge in [-0.1, -0.05) is 23.4 Å². The van der Waals surface area contributed by atoms with Crippen molar-refractivity contribution in [2.24, 2.45) is 5.73 Å². The Hall–Kier alpha value is -4.57. The lowest BCUT2D eigenvalue weighted by Crippen LogP contribution is -2.21. The topological polar surface area (TPSA) is 174 Å². The van der Waals surface area contributed by atoms with Crippen LogP contribution < -0.4 is 20.5 Å². The first-order valence-corrected chi connectivity index (χ1v) is 14.1. The first kappa shape index (κ1) is 28.9. The minimum Gasteiger partial charge on any atom is -0.484 e. The zero-order chi connectivity index (χ0) is 30.0. The molecule has 0 bridgehead atoms. The minimum atomic E-state index is -5.06. The average molecular weight is 607 g/mol. The Morgan fingerprint density at radius 3 is 2.62 bits per heavy atom. The Morgan fingerprint density at radius 2 is 1.95 bits per heavy atom. The van der Waals surface area contributed by atoms with Gasteiger partial charge in [0.2, 0.25) is 0 Å². The molecule has 2 aromatic heterocycles. The third-order valence-corrected chi connectivity index (χ3v) is 7.48. The summed E-state index contributed by atoms with van der Waals surface area (Å²) in [5, 5.41) is 13.8. The number of rotatable bonds is 11. The van der Waals surface area contributed by atoms with E-state index in [0.29, 0.717) is 24.5 Å². The molecular formula is C26H25F3N6O6S. The van der Waals surface area contributed by atoms with Crippen LogP contribution in [0.4, 0.5) is 30.5 Å². The monoisotopic (exact) mass is 606 g/mol. The summed E-state index contributed by atoms with van der Waals surface area (Å²) in [6.45, 7) is 2.71. The number of alkyl halides is 2. The number of hydrogen-bond acceptors (Lipinski definition) is 9. The fourth-order valence-electron chi connectivity index (χ4n) is 4.35. The highest BCUT2D eigenvalue weighted by Gasteiger charge is 2.28. The molecule has 16 heteroatoms. The van der Waals surface area contributed by atoms with E-state index in [2.05, 4.69) is 20.7 Å². The summed E-state index contributed by atoms with van der Waals surface area (Å²) >= 11 is 0. The Morgan fingerprint density at radius 1 is 1.19 bits per heavy atom. The summed E-state index contributed by atoms with van der Waals surface area (Å²) in [4.78, 5) is 12.5. The lowest BCUT2D eigenvalue weighted by atomic mass is 10.1. The van der Waals surface area contributed by atoms with Gasteiger partial charge in [0.25, 0.3) is 15.9 Å². The molecule has 5 rings (SSSR count). The van der Waals surface area contributed by atoms with Crippen LogP contribution in [0.3, 0.4) is 0 Å². The van der Waals surface area contributed by atoms with E-state index in [-0.39, 0.29) is 45.8 Å². The van der Waals surface area contributed by atoms with Crippen LogP contribution in [0, 0.1) is 5.82 Å². The third kappa shape index (κ3) is 6.18. The van der Waals surface area contributed by atoms with Crippen LogP contribution in [-0.2, 0) is 14.8 Å². The first-order valence-electron chi connectivity index (χ1n) is 12.6. The van der Waals surface area contributed by atoms with Gasteiger partial charge in [-0.25, -0.2) is 12.8 Å². The number of sulfonamides is 1. The van der Waals surface area contributed by atoms with Crippen LogP contribution in [0.1, 0.15) is 47.0 Å². The smallest absolute Gasteiger partial charge is 0.355 e. The first-order chi connectivity index (χ1) is 20.0. The number of benzene rings is 2. The summed E-state index contributed by atoms with van der Waals surface area (Å²) in [6.07, 6.45) is 0.0116. The number of ether oxygens (including phenoxy) is 2. The standard InChI is InChI=1S/C26H25F3N6O6S/c1-13(14-2-5-17(27)6-3-14)40-20-10-15(4-7-18(20)35-42(37,38)26(28)29)23-22(24(30)36)25(33-32-23)31-21-11-19(41-34-21)16-8-9-39-12-16/h2-7,10-11,13,16,26,35H,8-9,12H2,1H3,(H2,30,36)(H2,31,32,33,34). The van der Waals surface area contributed by atoms with Gasteiger partial charge in [-0.2, -0.15) is 13.9 Å². The number of aromatic nitrogens is 3. The van der Waals surface area contributed by atoms with Crippen LogP contribution in [0.15, 0.2) is 53.1 Å². The SMILES string of the molecule is CC(Oc1cc(-c2n[nH]c(Nc3cc(C4CCOC4)on3)c2C(N)=O)ccc1NS(=O)(=O)C(F)F)c1ccc(F)cc1. The predicted octanol–water partition coefficient (Wildman–Crippen LogP) is 4.65. The van der Waals surface area contributed by atoms with Crippen molar-refractivity contribution in [2.75, 3.05) is 23.3 Å². The highest BCUT2D eigenvalue weighted by molar-refractivity contribution is 7.93. The van der Waals surface area contributed by atoms with E-state index < -0.39 is 33.6 Å². The van der Waals surface area contributed by atoms with Crippen molar-refractivity contribution in [3.05, 3.63) is 71.2 Å². The second kappa shape index (κ2) is 11.7. The Kier molecular flexibility index (Phi) is 8.08. The van der Waals surface area contributed by atoms with Crippen molar-refractivity contribution in [3.63, 3.8) is 0 Å². The van der Waals surface area contributed by atoms with Crippen LogP contribution in [0.2, 0.25) is 0 Å². The van der Waals surface area contributed by atoms with Crippen molar-refractivity contribution in [3.8, 4) is 17.0 Å². The summed E-state index contributed by atoms with van der Waals surface area (Å²) in [6, 6.07) is 10.8. The van der Waals surface area contributed by atoms with E-state index in [0.717, 1.165) is 6.42 Å². The van der Waals surface area contributed by atoms with Crippen LogP contribution in [0.5, 0.6) is 5.75 Å². The average Bonchev–Trinajstić information content (AvgIpc) is 3.71. The number of nitrogens with one attached hydrogen (secondary N) is 3. The van der Waals surface area contributed by atoms with E-state index in [1.54, 1.807) is 13.0 Å². The van der Waals surface area contributed by atoms with Crippen LogP contribution in [-0.4, -0.2) is 48.7 Å². The maximum atomic E-state index is 13.4. The molecule has 1 aliphatic rings. The fraction of sp³-hybridized carbons (Fsp3) is 0.269. The molecule has 1 amide bonds. The molecule has 3 heterocycles. The number of carbonyl (C=O) groups excluding carboxylic acids is 1. The molecule has 2 unspecified atom stereocenters. The van der Waals surface area contributed by atoms with Crippen molar-refractivity contribution in [1.29, 1.82) is 0 Å². The zero-order valence-corrected chi connectivity index (χ0v) is 22.8. The molecule has 4 aromatic rings. The van der Waals surface area contributed by atoms with Crippen molar-refractivity contribution in [2.45, 2.75) is 31.1 Å². The number of halogens is 3. The number of amides is 1.